The highest BCUT2D eigenvalue weighted by atomic mass is 19.2. The second-order valence-electron chi connectivity index (χ2n) is 19.1. The number of ether oxygens (including phenoxy) is 2. The smallest absolute Gasteiger partial charge is 0.194 e. The zero-order chi connectivity index (χ0) is 46.8. The zero-order valence-electron chi connectivity index (χ0n) is 37.6. The van der Waals surface area contributed by atoms with Gasteiger partial charge in [-0.15, -0.1) is 0 Å². The Hall–Kier alpha value is -6.02. The third-order valence-electron chi connectivity index (χ3n) is 15.0. The van der Waals surface area contributed by atoms with Gasteiger partial charge in [-0.3, -0.25) is 0 Å². The van der Waals surface area contributed by atoms with Crippen molar-refractivity contribution in [3.63, 3.8) is 0 Å². The molecule has 8 atom stereocenters. The number of anilines is 2. The molecule has 14 nitrogen and oxygen atoms in total. The van der Waals surface area contributed by atoms with Gasteiger partial charge in [-0.05, 0) is 111 Å². The van der Waals surface area contributed by atoms with Crippen molar-refractivity contribution in [2.24, 2.45) is 35.5 Å². The Balaban J connectivity index is 0.000000149. The van der Waals surface area contributed by atoms with Gasteiger partial charge < -0.3 is 19.3 Å². The van der Waals surface area contributed by atoms with E-state index in [0.29, 0.717) is 85.1 Å². The van der Waals surface area contributed by atoms with Crippen LogP contribution in [0.4, 0.5) is 37.7 Å². The van der Waals surface area contributed by atoms with E-state index in [9.17, 15) is 26.3 Å². The van der Waals surface area contributed by atoms with Crippen LogP contribution in [-0.4, -0.2) is 89.3 Å². The molecule has 2 aliphatic carbocycles. The molecule has 6 aliphatic rings. The Morgan fingerprint density at radius 1 is 0.544 bits per heavy atom. The lowest BCUT2D eigenvalue weighted by Crippen LogP contribution is -2.43. The Bertz CT molecular complexity index is 2630. The average Bonchev–Trinajstić information content (AvgIpc) is 4.06. The minimum Gasteiger partial charge on any atom is -0.370 e. The summed E-state index contributed by atoms with van der Waals surface area (Å²) in [6.07, 6.45) is 7.99. The van der Waals surface area contributed by atoms with Crippen molar-refractivity contribution < 1.29 is 35.8 Å². The van der Waals surface area contributed by atoms with Gasteiger partial charge in [0.1, 0.15) is 12.2 Å². The summed E-state index contributed by atoms with van der Waals surface area (Å²) < 4.78 is 98.4. The summed E-state index contributed by atoms with van der Waals surface area (Å²) in [6.45, 7) is 9.33. The number of hydrogen-bond acceptors (Lipinski definition) is 12. The molecule has 4 aliphatic heterocycles. The summed E-state index contributed by atoms with van der Waals surface area (Å²) in [5.41, 5.74) is 3.93. The third kappa shape index (κ3) is 8.36. The van der Waals surface area contributed by atoms with Crippen LogP contribution in [-0.2, 0) is 35.4 Å². The molecule has 0 radical (unpaired) electrons. The second-order valence-corrected chi connectivity index (χ2v) is 19.1. The number of nitrogens with zero attached hydrogens (tertiary/aromatic N) is 12. The lowest BCUT2D eigenvalue weighted by Gasteiger charge is -2.39. The highest BCUT2D eigenvalue weighted by Crippen LogP contribution is 2.46. The first-order valence-corrected chi connectivity index (χ1v) is 23.4. The molecule has 8 heterocycles. The van der Waals surface area contributed by atoms with Crippen molar-refractivity contribution >= 4 is 11.4 Å². The molecule has 0 spiro atoms. The van der Waals surface area contributed by atoms with Crippen LogP contribution in [0.2, 0.25) is 0 Å². The molecule has 356 valence electrons. The maximum atomic E-state index is 14.5. The van der Waals surface area contributed by atoms with Crippen LogP contribution in [0.25, 0.3) is 0 Å². The first-order chi connectivity index (χ1) is 32.9. The molecule has 2 saturated heterocycles. The van der Waals surface area contributed by atoms with Crippen molar-refractivity contribution in [2.75, 3.05) is 49.2 Å². The molecule has 4 fully saturated rings. The molecule has 6 aromatic rings. The summed E-state index contributed by atoms with van der Waals surface area (Å²) in [7, 11) is 0. The lowest BCUT2D eigenvalue weighted by atomic mass is 9.82. The summed E-state index contributed by atoms with van der Waals surface area (Å²) in [4.78, 5) is 14.2. The predicted octanol–water partition coefficient (Wildman–Crippen LogP) is 7.24. The fourth-order valence-electron chi connectivity index (χ4n) is 11.7. The van der Waals surface area contributed by atoms with Crippen molar-refractivity contribution in [2.45, 2.75) is 77.7 Å². The van der Waals surface area contributed by atoms with Gasteiger partial charge in [0.2, 0.25) is 0 Å². The summed E-state index contributed by atoms with van der Waals surface area (Å²) in [5, 5.41) is 25.7. The van der Waals surface area contributed by atoms with Gasteiger partial charge in [0, 0.05) is 50.1 Å². The third-order valence-corrected chi connectivity index (χ3v) is 15.0. The summed E-state index contributed by atoms with van der Waals surface area (Å²) in [5.74, 6) is -2.59. The van der Waals surface area contributed by atoms with Crippen LogP contribution in [0.5, 0.6) is 0 Å². The number of rotatable bonds is 8. The zero-order valence-corrected chi connectivity index (χ0v) is 37.6. The Kier molecular flexibility index (Phi) is 11.9. The molecule has 68 heavy (non-hydrogen) atoms. The number of aryl methyl sites for hydroxylation is 2. The minimum atomic E-state index is -1.50. The predicted molar refractivity (Wildman–Crippen MR) is 233 cm³/mol. The van der Waals surface area contributed by atoms with Gasteiger partial charge in [0.25, 0.3) is 0 Å². The second kappa shape index (κ2) is 18.1. The fraction of sp³-hybridized carbons (Fsp3) is 0.500. The highest BCUT2D eigenvalue weighted by Gasteiger charge is 2.45. The number of aromatic nitrogens is 10. The largest absolute Gasteiger partial charge is 0.370 e. The van der Waals surface area contributed by atoms with Gasteiger partial charge >= 0.3 is 0 Å². The van der Waals surface area contributed by atoms with Gasteiger partial charge in [-0.1, -0.05) is 0 Å². The number of piperidine rings is 2. The van der Waals surface area contributed by atoms with E-state index in [1.807, 2.05) is 26.2 Å². The van der Waals surface area contributed by atoms with Crippen molar-refractivity contribution in [3.8, 4) is 0 Å². The highest BCUT2D eigenvalue weighted by molar-refractivity contribution is 5.47. The van der Waals surface area contributed by atoms with Gasteiger partial charge in [0.05, 0.1) is 61.5 Å². The normalized spacial score (nSPS) is 26.1. The first-order valence-electron chi connectivity index (χ1n) is 23.4. The van der Waals surface area contributed by atoms with E-state index in [4.69, 9.17) is 19.4 Å². The van der Waals surface area contributed by atoms with E-state index in [2.05, 4.69) is 52.5 Å². The minimum absolute atomic E-state index is 0.0616. The molecule has 4 aromatic heterocycles. The molecular formula is C48H50F6N12O2. The van der Waals surface area contributed by atoms with Crippen LogP contribution in [0, 0.1) is 84.3 Å². The molecule has 4 bridgehead atoms. The topological polar surface area (TPSA) is 138 Å². The number of hydrogen-bond donors (Lipinski definition) is 0. The van der Waals surface area contributed by atoms with Crippen LogP contribution < -0.4 is 9.80 Å². The van der Waals surface area contributed by atoms with E-state index in [0.717, 1.165) is 73.9 Å². The molecule has 12 rings (SSSR count). The first kappa shape index (κ1) is 44.5. The molecule has 20 heteroatoms. The summed E-state index contributed by atoms with van der Waals surface area (Å²) >= 11 is 0. The number of fused-ring (bicyclic) bond motifs is 6. The Morgan fingerprint density at radius 2 is 0.941 bits per heavy atom. The van der Waals surface area contributed by atoms with Crippen LogP contribution in [0.15, 0.2) is 48.8 Å². The Labute approximate surface area is 388 Å². The quantitative estimate of drug-likeness (QED) is 0.112. The molecular weight excluding hydrogens is 891 g/mol. The van der Waals surface area contributed by atoms with Crippen molar-refractivity contribution in [3.05, 3.63) is 130 Å². The maximum absolute atomic E-state index is 14.5. The molecule has 2 unspecified atom stereocenters. The van der Waals surface area contributed by atoms with E-state index >= 15 is 0 Å². The van der Waals surface area contributed by atoms with Crippen LogP contribution in [0.1, 0.15) is 83.7 Å². The van der Waals surface area contributed by atoms with Gasteiger partial charge in [-0.25, -0.2) is 45.7 Å². The fourth-order valence-corrected chi connectivity index (χ4v) is 11.7. The average molecular weight is 941 g/mol. The monoisotopic (exact) mass is 940 g/mol. The van der Waals surface area contributed by atoms with E-state index in [-0.39, 0.29) is 11.1 Å². The van der Waals surface area contributed by atoms with E-state index < -0.39 is 47.1 Å². The molecule has 0 amide bonds. The Morgan fingerprint density at radius 3 is 1.32 bits per heavy atom. The van der Waals surface area contributed by atoms with Crippen molar-refractivity contribution in [1.82, 2.24) is 49.9 Å². The standard InChI is InChI=1S/2C24H25F3N6O/c2*1-13-8-16(10-28-30-13)32-11-14-2-3-15(12-32)18(14)9-20-29-24-23(34-7-6-33(24)31-20)17-4-5-19(25)22(27)21(17)26/h2*4-5,8,10,14-15,18,23H,2-3,6-7,9,11-12H2,1H3/t2*14-,15+,18?,23-/m10/s1. The molecule has 2 saturated carbocycles. The molecule has 0 N–H and O–H groups in total. The van der Waals surface area contributed by atoms with E-state index in [1.54, 1.807) is 9.36 Å². The summed E-state index contributed by atoms with van der Waals surface area (Å²) in [6, 6.07) is 8.42. The number of halogens is 6. The van der Waals surface area contributed by atoms with Gasteiger partial charge in [-0.2, -0.15) is 30.6 Å². The SMILES string of the molecule is Cc1cc(N2C[C@H]3CC[C@@H](C2)C3Cc2nc3n(n2)CCO[C@@H]3c2ccc(F)c(F)c2F)cnn1.Cc1cc(N2C[C@H]3CC[C@@H](C2)C3Cc2nc3n(n2)CCO[C@H]3c2ccc(F)c(F)c2F)cnn1. The van der Waals surface area contributed by atoms with E-state index in [1.165, 1.54) is 37.8 Å². The van der Waals surface area contributed by atoms with Crippen LogP contribution >= 0.6 is 0 Å². The molecule has 2 aromatic carbocycles. The van der Waals surface area contributed by atoms with Crippen molar-refractivity contribution in [1.29, 1.82) is 0 Å². The maximum Gasteiger partial charge on any atom is 0.194 e. The van der Waals surface area contributed by atoms with Crippen LogP contribution in [0.3, 0.4) is 0 Å². The van der Waals surface area contributed by atoms with Gasteiger partial charge in [0.15, 0.2) is 58.2 Å². The lowest BCUT2D eigenvalue weighted by molar-refractivity contribution is 0.0363. The number of benzene rings is 2.